The summed E-state index contributed by atoms with van der Waals surface area (Å²) in [7, 11) is 0. The zero-order chi connectivity index (χ0) is 21.1. The number of hydrogen-bond acceptors (Lipinski definition) is 2. The molecule has 0 aliphatic carbocycles. The Morgan fingerprint density at radius 3 is 2.62 bits per heavy atom. The lowest BCUT2D eigenvalue weighted by atomic mass is 9.99. The average molecular weight is 437 g/mol. The SMILES string of the molecule is CCNC(=O)N(CC(=O)N1CCn2cccc2C1c1ccc(Cl)c(Cl)c1)C(C)C. The van der Waals surface area contributed by atoms with E-state index in [4.69, 9.17) is 23.2 Å². The molecule has 1 N–H and O–H groups in total. The largest absolute Gasteiger partial charge is 0.348 e. The topological polar surface area (TPSA) is 57.6 Å². The van der Waals surface area contributed by atoms with E-state index in [9.17, 15) is 9.59 Å². The van der Waals surface area contributed by atoms with Crippen LogP contribution in [0.25, 0.3) is 0 Å². The van der Waals surface area contributed by atoms with Gasteiger partial charge in [0.1, 0.15) is 6.54 Å². The van der Waals surface area contributed by atoms with Gasteiger partial charge in [-0.05, 0) is 50.6 Å². The highest BCUT2D eigenvalue weighted by atomic mass is 35.5. The van der Waals surface area contributed by atoms with Gasteiger partial charge >= 0.3 is 6.03 Å². The molecule has 2 aromatic rings. The van der Waals surface area contributed by atoms with Gasteiger partial charge in [0, 0.05) is 37.6 Å². The summed E-state index contributed by atoms with van der Waals surface area (Å²) in [5.74, 6) is -0.103. The number of nitrogens with zero attached hydrogens (tertiary/aromatic N) is 3. The molecule has 1 aliphatic rings. The molecule has 1 aromatic carbocycles. The van der Waals surface area contributed by atoms with Gasteiger partial charge in [-0.1, -0.05) is 29.3 Å². The third-order valence-corrected chi connectivity index (χ3v) is 5.87. The fourth-order valence-corrected chi connectivity index (χ4v) is 3.97. The lowest BCUT2D eigenvalue weighted by Gasteiger charge is -2.39. The van der Waals surface area contributed by atoms with Crippen molar-refractivity contribution in [2.45, 2.75) is 39.4 Å². The van der Waals surface area contributed by atoms with Crippen molar-refractivity contribution in [1.82, 2.24) is 19.7 Å². The van der Waals surface area contributed by atoms with Crippen molar-refractivity contribution in [2.75, 3.05) is 19.6 Å². The van der Waals surface area contributed by atoms with Gasteiger partial charge < -0.3 is 19.7 Å². The number of rotatable bonds is 5. The molecule has 3 amide bonds. The Hall–Kier alpha value is -2.18. The lowest BCUT2D eigenvalue weighted by molar-refractivity contribution is -0.134. The van der Waals surface area contributed by atoms with E-state index in [1.807, 2.05) is 56.1 Å². The Bertz CT molecular complexity index is 897. The minimum atomic E-state index is -0.288. The number of hydrogen-bond donors (Lipinski definition) is 1. The normalized spacial score (nSPS) is 15.9. The molecule has 6 nitrogen and oxygen atoms in total. The predicted molar refractivity (Wildman–Crippen MR) is 115 cm³/mol. The number of amides is 3. The summed E-state index contributed by atoms with van der Waals surface area (Å²) in [6.07, 6.45) is 2.01. The van der Waals surface area contributed by atoms with Crippen LogP contribution < -0.4 is 5.32 Å². The zero-order valence-corrected chi connectivity index (χ0v) is 18.4. The van der Waals surface area contributed by atoms with E-state index in [-0.39, 0.29) is 30.6 Å². The quantitative estimate of drug-likeness (QED) is 0.764. The van der Waals surface area contributed by atoms with Gasteiger partial charge in [0.2, 0.25) is 5.91 Å². The van der Waals surface area contributed by atoms with E-state index in [2.05, 4.69) is 9.88 Å². The van der Waals surface area contributed by atoms with Crippen LogP contribution in [0.5, 0.6) is 0 Å². The van der Waals surface area contributed by atoms with E-state index in [0.29, 0.717) is 29.7 Å². The average Bonchev–Trinajstić information content (AvgIpc) is 3.16. The first-order valence-corrected chi connectivity index (χ1v) is 10.5. The molecule has 8 heteroatoms. The van der Waals surface area contributed by atoms with Gasteiger partial charge in [0.25, 0.3) is 0 Å². The van der Waals surface area contributed by atoms with Crippen molar-refractivity contribution in [2.24, 2.45) is 0 Å². The summed E-state index contributed by atoms with van der Waals surface area (Å²) in [6, 6.07) is 8.82. The number of nitrogens with one attached hydrogen (secondary N) is 1. The van der Waals surface area contributed by atoms with Gasteiger partial charge in [-0.25, -0.2) is 4.79 Å². The number of carbonyl (C=O) groups is 2. The van der Waals surface area contributed by atoms with E-state index in [0.717, 1.165) is 11.3 Å². The zero-order valence-electron chi connectivity index (χ0n) is 16.9. The molecule has 29 heavy (non-hydrogen) atoms. The Morgan fingerprint density at radius 2 is 1.97 bits per heavy atom. The van der Waals surface area contributed by atoms with Crippen molar-refractivity contribution in [1.29, 1.82) is 0 Å². The van der Waals surface area contributed by atoms with Crippen LogP contribution in [0, 0.1) is 0 Å². The Morgan fingerprint density at radius 1 is 1.21 bits per heavy atom. The molecule has 0 saturated heterocycles. The summed E-state index contributed by atoms with van der Waals surface area (Å²) in [5, 5.41) is 3.71. The smallest absolute Gasteiger partial charge is 0.318 e. The molecule has 3 rings (SSSR count). The maximum atomic E-state index is 13.3. The van der Waals surface area contributed by atoms with Crippen molar-refractivity contribution in [3.05, 3.63) is 57.8 Å². The van der Waals surface area contributed by atoms with Gasteiger partial charge in [-0.3, -0.25) is 4.79 Å². The monoisotopic (exact) mass is 436 g/mol. The first-order chi connectivity index (χ1) is 13.8. The molecule has 0 fully saturated rings. The maximum Gasteiger partial charge on any atom is 0.318 e. The van der Waals surface area contributed by atoms with E-state index < -0.39 is 0 Å². The fraction of sp³-hybridized carbons (Fsp3) is 0.429. The van der Waals surface area contributed by atoms with E-state index >= 15 is 0 Å². The van der Waals surface area contributed by atoms with Crippen molar-refractivity contribution >= 4 is 35.1 Å². The molecule has 0 saturated carbocycles. The molecule has 0 spiro atoms. The standard InChI is InChI=1S/C21H26Cl2N4O2/c1-4-24-21(29)27(14(2)3)13-19(28)26-11-10-25-9-5-6-18(25)20(26)15-7-8-16(22)17(23)12-15/h5-9,12,14,20H,4,10-11,13H2,1-3H3,(H,24,29). The van der Waals surface area contributed by atoms with Crippen LogP contribution in [-0.4, -0.2) is 52.0 Å². The van der Waals surface area contributed by atoms with Crippen LogP contribution in [0.4, 0.5) is 4.79 Å². The summed E-state index contributed by atoms with van der Waals surface area (Å²) in [6.45, 7) is 7.45. The Labute approximate surface area is 181 Å². The minimum Gasteiger partial charge on any atom is -0.348 e. The summed E-state index contributed by atoms with van der Waals surface area (Å²) in [5.41, 5.74) is 1.90. The van der Waals surface area contributed by atoms with Gasteiger partial charge in [0.05, 0.1) is 16.1 Å². The van der Waals surface area contributed by atoms with Crippen LogP contribution in [0.1, 0.15) is 38.1 Å². The number of aromatic nitrogens is 1. The van der Waals surface area contributed by atoms with Crippen LogP contribution >= 0.6 is 23.2 Å². The first-order valence-electron chi connectivity index (χ1n) is 9.77. The van der Waals surface area contributed by atoms with E-state index in [1.165, 1.54) is 0 Å². The minimum absolute atomic E-state index is 0.0159. The van der Waals surface area contributed by atoms with Gasteiger partial charge in [0.15, 0.2) is 0 Å². The molecule has 0 bridgehead atoms. The third-order valence-electron chi connectivity index (χ3n) is 5.14. The third kappa shape index (κ3) is 4.54. The molecule has 1 atom stereocenters. The molecule has 0 radical (unpaired) electrons. The molecule has 1 unspecified atom stereocenters. The van der Waals surface area contributed by atoms with Crippen LogP contribution in [-0.2, 0) is 11.3 Å². The summed E-state index contributed by atoms with van der Waals surface area (Å²) in [4.78, 5) is 29.1. The molecule has 1 aromatic heterocycles. The second-order valence-electron chi connectivity index (χ2n) is 7.35. The molecular formula is C21H26Cl2N4O2. The Balaban J connectivity index is 1.92. The van der Waals surface area contributed by atoms with E-state index in [1.54, 1.807) is 11.0 Å². The second-order valence-corrected chi connectivity index (χ2v) is 8.16. The highest BCUT2D eigenvalue weighted by molar-refractivity contribution is 6.42. The second kappa shape index (κ2) is 9.09. The van der Waals surface area contributed by atoms with Gasteiger partial charge in [-0.15, -0.1) is 0 Å². The van der Waals surface area contributed by atoms with Gasteiger partial charge in [-0.2, -0.15) is 0 Å². The van der Waals surface area contributed by atoms with Crippen molar-refractivity contribution < 1.29 is 9.59 Å². The molecule has 1 aliphatic heterocycles. The molecular weight excluding hydrogens is 411 g/mol. The lowest BCUT2D eigenvalue weighted by Crippen LogP contribution is -2.51. The molecule has 2 heterocycles. The van der Waals surface area contributed by atoms with Crippen LogP contribution in [0.15, 0.2) is 36.5 Å². The number of benzene rings is 1. The van der Waals surface area contributed by atoms with Crippen molar-refractivity contribution in [3.63, 3.8) is 0 Å². The van der Waals surface area contributed by atoms with Crippen molar-refractivity contribution in [3.8, 4) is 0 Å². The number of carbonyl (C=O) groups excluding carboxylic acids is 2. The number of urea groups is 1. The van der Waals surface area contributed by atoms with Crippen LogP contribution in [0.2, 0.25) is 10.0 Å². The molecule has 156 valence electrons. The highest BCUT2D eigenvalue weighted by Crippen LogP contribution is 2.35. The summed E-state index contributed by atoms with van der Waals surface area (Å²) >= 11 is 12.4. The maximum absolute atomic E-state index is 13.3. The van der Waals surface area contributed by atoms with Crippen LogP contribution in [0.3, 0.4) is 0 Å². The highest BCUT2D eigenvalue weighted by Gasteiger charge is 2.34. The predicted octanol–water partition coefficient (Wildman–Crippen LogP) is 4.17. The Kier molecular flexibility index (Phi) is 6.75. The number of fused-ring (bicyclic) bond motifs is 1. The first kappa shape index (κ1) is 21.5. The summed E-state index contributed by atoms with van der Waals surface area (Å²) < 4.78 is 2.14. The number of halogens is 2. The fourth-order valence-electron chi connectivity index (χ4n) is 3.66.